The second-order valence-electron chi connectivity index (χ2n) is 5.50. The number of hydrogen-bond donors (Lipinski definition) is 1. The maximum absolute atomic E-state index is 12.3. The predicted octanol–water partition coefficient (Wildman–Crippen LogP) is 2.99. The molecule has 0 aliphatic rings. The van der Waals surface area contributed by atoms with E-state index in [-0.39, 0.29) is 12.0 Å². The molecule has 0 spiro atoms. The van der Waals surface area contributed by atoms with E-state index in [0.29, 0.717) is 31.7 Å². The fraction of sp³-hybridized carbons (Fsp3) is 0.333. The highest BCUT2D eigenvalue weighted by Crippen LogP contribution is 2.09. The number of benzene rings is 1. The van der Waals surface area contributed by atoms with Gasteiger partial charge in [0.1, 0.15) is 6.61 Å². The number of aliphatic carboxylic acids is 1. The van der Waals surface area contributed by atoms with Gasteiger partial charge in [-0.05, 0) is 37.5 Å². The third kappa shape index (κ3) is 5.29. The topological polar surface area (TPSA) is 68.5 Å². The van der Waals surface area contributed by atoms with Crippen molar-refractivity contribution in [1.82, 2.24) is 4.57 Å². The summed E-state index contributed by atoms with van der Waals surface area (Å²) in [5.74, 6) is -0.501. The Balaban J connectivity index is 1.94. The predicted molar refractivity (Wildman–Crippen MR) is 87.7 cm³/mol. The lowest BCUT2D eigenvalue weighted by Crippen LogP contribution is -2.21. The number of aryl methyl sites for hydroxylation is 2. The number of carboxylic acid groups (broad SMARTS) is 1. The number of aromatic nitrogens is 1. The summed E-state index contributed by atoms with van der Waals surface area (Å²) in [6, 6.07) is 11.4. The second kappa shape index (κ2) is 8.17. The van der Waals surface area contributed by atoms with E-state index in [1.165, 1.54) is 5.56 Å². The Morgan fingerprint density at radius 3 is 2.61 bits per heavy atom. The van der Waals surface area contributed by atoms with Crippen LogP contribution in [-0.4, -0.2) is 15.6 Å². The minimum absolute atomic E-state index is 0.123. The number of hydrogen-bond acceptors (Lipinski definition) is 3. The first-order valence-electron chi connectivity index (χ1n) is 7.66. The maximum atomic E-state index is 12.3. The van der Waals surface area contributed by atoms with E-state index in [9.17, 15) is 9.59 Å². The molecule has 0 aliphatic carbocycles. The standard InChI is InChI=1S/C18H21NO4/c1-14-7-9-15(10-8-14)13-23-16-5-4-12-19(18(16)22)11-3-2-6-17(20)21/h4-5,7-10,12H,2-3,6,11,13H2,1H3,(H,20,21). The van der Waals surface area contributed by atoms with Crippen molar-refractivity contribution < 1.29 is 14.6 Å². The van der Waals surface area contributed by atoms with Crippen molar-refractivity contribution in [3.63, 3.8) is 0 Å². The van der Waals surface area contributed by atoms with Crippen molar-refractivity contribution >= 4 is 5.97 Å². The number of carboxylic acids is 1. The quantitative estimate of drug-likeness (QED) is 0.760. The molecule has 2 aromatic rings. The molecule has 0 saturated carbocycles. The van der Waals surface area contributed by atoms with Crippen LogP contribution in [0.2, 0.25) is 0 Å². The van der Waals surface area contributed by atoms with Crippen LogP contribution in [0.3, 0.4) is 0 Å². The average molecular weight is 315 g/mol. The number of unbranched alkanes of at least 4 members (excludes halogenated alkanes) is 1. The van der Waals surface area contributed by atoms with E-state index < -0.39 is 5.97 Å². The molecule has 23 heavy (non-hydrogen) atoms. The number of ether oxygens (including phenoxy) is 1. The molecule has 0 bridgehead atoms. The summed E-state index contributed by atoms with van der Waals surface area (Å²) in [4.78, 5) is 22.8. The van der Waals surface area contributed by atoms with Crippen LogP contribution < -0.4 is 10.3 Å². The summed E-state index contributed by atoms with van der Waals surface area (Å²) in [5, 5.41) is 8.62. The lowest BCUT2D eigenvalue weighted by Gasteiger charge is -2.09. The third-order valence-electron chi connectivity index (χ3n) is 3.54. The highest BCUT2D eigenvalue weighted by atomic mass is 16.5. The van der Waals surface area contributed by atoms with E-state index in [0.717, 1.165) is 5.56 Å². The molecule has 5 nitrogen and oxygen atoms in total. The van der Waals surface area contributed by atoms with Crippen molar-refractivity contribution in [1.29, 1.82) is 0 Å². The summed E-state index contributed by atoms with van der Waals surface area (Å²) in [7, 11) is 0. The zero-order chi connectivity index (χ0) is 16.7. The summed E-state index contributed by atoms with van der Waals surface area (Å²) < 4.78 is 7.18. The van der Waals surface area contributed by atoms with E-state index in [4.69, 9.17) is 9.84 Å². The Morgan fingerprint density at radius 1 is 1.17 bits per heavy atom. The van der Waals surface area contributed by atoms with Crippen LogP contribution in [0.15, 0.2) is 47.4 Å². The first kappa shape index (κ1) is 16.8. The number of pyridine rings is 1. The monoisotopic (exact) mass is 315 g/mol. The molecule has 1 heterocycles. The zero-order valence-corrected chi connectivity index (χ0v) is 13.2. The molecule has 1 aromatic carbocycles. The van der Waals surface area contributed by atoms with Crippen molar-refractivity contribution in [3.8, 4) is 5.75 Å². The van der Waals surface area contributed by atoms with Gasteiger partial charge in [0.2, 0.25) is 0 Å². The van der Waals surface area contributed by atoms with Gasteiger partial charge in [-0.15, -0.1) is 0 Å². The van der Waals surface area contributed by atoms with Crippen molar-refractivity contribution in [2.45, 2.75) is 39.3 Å². The number of carbonyl (C=O) groups is 1. The Kier molecular flexibility index (Phi) is 5.97. The summed E-state index contributed by atoms with van der Waals surface area (Å²) in [5.41, 5.74) is 2.00. The Bertz CT molecular complexity index is 704. The van der Waals surface area contributed by atoms with Gasteiger partial charge in [-0.2, -0.15) is 0 Å². The maximum Gasteiger partial charge on any atom is 0.303 e. The fourth-order valence-electron chi connectivity index (χ4n) is 2.20. The molecule has 0 atom stereocenters. The van der Waals surface area contributed by atoms with Crippen LogP contribution in [0.5, 0.6) is 5.75 Å². The van der Waals surface area contributed by atoms with Crippen LogP contribution in [0, 0.1) is 6.92 Å². The number of nitrogens with zero attached hydrogens (tertiary/aromatic N) is 1. The molecule has 122 valence electrons. The molecule has 2 rings (SSSR count). The Morgan fingerprint density at radius 2 is 1.91 bits per heavy atom. The van der Waals surface area contributed by atoms with Gasteiger partial charge < -0.3 is 14.4 Å². The highest BCUT2D eigenvalue weighted by molar-refractivity contribution is 5.66. The van der Waals surface area contributed by atoms with Crippen LogP contribution in [0.4, 0.5) is 0 Å². The first-order chi connectivity index (χ1) is 11.1. The third-order valence-corrected chi connectivity index (χ3v) is 3.54. The van der Waals surface area contributed by atoms with Crippen molar-refractivity contribution in [2.24, 2.45) is 0 Å². The Labute approximate surface area is 135 Å². The van der Waals surface area contributed by atoms with Crippen LogP contribution in [0.1, 0.15) is 30.4 Å². The van der Waals surface area contributed by atoms with E-state index in [1.807, 2.05) is 31.2 Å². The van der Waals surface area contributed by atoms with Gasteiger partial charge in [-0.3, -0.25) is 9.59 Å². The smallest absolute Gasteiger partial charge is 0.303 e. The van der Waals surface area contributed by atoms with Gasteiger partial charge in [-0.1, -0.05) is 29.8 Å². The molecule has 0 aliphatic heterocycles. The summed E-state index contributed by atoms with van der Waals surface area (Å²) in [6.45, 7) is 2.86. The Hall–Kier alpha value is -2.56. The largest absolute Gasteiger partial charge is 0.483 e. The molecular formula is C18H21NO4. The SMILES string of the molecule is Cc1ccc(COc2cccn(CCCCC(=O)O)c2=O)cc1. The average Bonchev–Trinajstić information content (AvgIpc) is 2.53. The van der Waals surface area contributed by atoms with Crippen molar-refractivity contribution in [2.75, 3.05) is 0 Å². The molecule has 0 fully saturated rings. The van der Waals surface area contributed by atoms with Gasteiger partial charge in [0.25, 0.3) is 5.56 Å². The molecular weight excluding hydrogens is 294 g/mol. The molecule has 1 N–H and O–H groups in total. The van der Waals surface area contributed by atoms with Gasteiger partial charge in [0.15, 0.2) is 5.75 Å². The molecule has 5 heteroatoms. The van der Waals surface area contributed by atoms with Crippen LogP contribution in [0.25, 0.3) is 0 Å². The number of rotatable bonds is 8. The summed E-state index contributed by atoms with van der Waals surface area (Å²) >= 11 is 0. The lowest BCUT2D eigenvalue weighted by molar-refractivity contribution is -0.137. The first-order valence-corrected chi connectivity index (χ1v) is 7.66. The minimum Gasteiger partial charge on any atom is -0.483 e. The molecule has 1 aromatic heterocycles. The lowest BCUT2D eigenvalue weighted by atomic mass is 10.2. The normalized spacial score (nSPS) is 10.5. The zero-order valence-electron chi connectivity index (χ0n) is 13.2. The molecule has 0 radical (unpaired) electrons. The summed E-state index contributed by atoms with van der Waals surface area (Å²) in [6.07, 6.45) is 3.02. The van der Waals surface area contributed by atoms with Gasteiger partial charge in [-0.25, -0.2) is 0 Å². The van der Waals surface area contributed by atoms with Gasteiger partial charge in [0.05, 0.1) is 0 Å². The van der Waals surface area contributed by atoms with Crippen molar-refractivity contribution in [3.05, 3.63) is 64.1 Å². The van der Waals surface area contributed by atoms with E-state index in [1.54, 1.807) is 22.9 Å². The minimum atomic E-state index is -0.812. The molecule has 0 amide bonds. The molecule has 0 saturated heterocycles. The fourth-order valence-corrected chi connectivity index (χ4v) is 2.20. The van der Waals surface area contributed by atoms with E-state index >= 15 is 0 Å². The van der Waals surface area contributed by atoms with Gasteiger partial charge >= 0.3 is 5.97 Å². The van der Waals surface area contributed by atoms with Crippen LogP contribution in [-0.2, 0) is 17.9 Å². The highest BCUT2D eigenvalue weighted by Gasteiger charge is 2.05. The van der Waals surface area contributed by atoms with Gasteiger partial charge in [0, 0.05) is 19.2 Å². The van der Waals surface area contributed by atoms with Crippen LogP contribution >= 0.6 is 0 Å². The second-order valence-corrected chi connectivity index (χ2v) is 5.50. The van der Waals surface area contributed by atoms with E-state index in [2.05, 4.69) is 0 Å². The molecule has 0 unspecified atom stereocenters.